The molecule has 0 saturated carbocycles. The SMILES string of the molecule is Cc1ccc(C(=O)NCc2nc([C@H]3CC(=O)N(Cc4ccccc4)C3)no2)s1. The minimum Gasteiger partial charge on any atom is -0.342 e. The van der Waals surface area contributed by atoms with Gasteiger partial charge in [-0.2, -0.15) is 4.98 Å². The molecule has 1 aliphatic rings. The van der Waals surface area contributed by atoms with Crippen molar-refractivity contribution < 1.29 is 14.1 Å². The van der Waals surface area contributed by atoms with Crippen LogP contribution < -0.4 is 5.32 Å². The van der Waals surface area contributed by atoms with Crippen molar-refractivity contribution in [2.45, 2.75) is 32.4 Å². The number of nitrogens with zero attached hydrogens (tertiary/aromatic N) is 3. The third kappa shape index (κ3) is 4.12. The van der Waals surface area contributed by atoms with Crippen LogP contribution in [0.1, 0.15) is 44.2 Å². The predicted molar refractivity (Wildman–Crippen MR) is 104 cm³/mol. The molecule has 8 heteroatoms. The van der Waals surface area contributed by atoms with Crippen LogP contribution in [-0.4, -0.2) is 33.4 Å². The first kappa shape index (κ1) is 18.4. The molecule has 3 aromatic rings. The minimum atomic E-state index is -0.164. The summed E-state index contributed by atoms with van der Waals surface area (Å²) in [5, 5.41) is 6.80. The zero-order valence-electron chi connectivity index (χ0n) is 15.4. The number of nitrogens with one attached hydrogen (secondary N) is 1. The van der Waals surface area contributed by atoms with E-state index in [-0.39, 0.29) is 24.3 Å². The molecule has 0 spiro atoms. The molecule has 1 fully saturated rings. The first-order chi connectivity index (χ1) is 13.6. The fourth-order valence-corrected chi connectivity index (χ4v) is 3.99. The summed E-state index contributed by atoms with van der Waals surface area (Å²) in [6.07, 6.45) is 0.368. The summed E-state index contributed by atoms with van der Waals surface area (Å²) in [5.74, 6) is 0.680. The fourth-order valence-electron chi connectivity index (χ4n) is 3.21. The average Bonchev–Trinajstić information content (AvgIpc) is 3.42. The molecule has 0 unspecified atom stereocenters. The summed E-state index contributed by atoms with van der Waals surface area (Å²) in [5.41, 5.74) is 1.09. The number of benzene rings is 1. The summed E-state index contributed by atoms with van der Waals surface area (Å²) >= 11 is 1.44. The highest BCUT2D eigenvalue weighted by Crippen LogP contribution is 2.27. The van der Waals surface area contributed by atoms with Gasteiger partial charge in [0, 0.05) is 30.3 Å². The maximum Gasteiger partial charge on any atom is 0.261 e. The van der Waals surface area contributed by atoms with Gasteiger partial charge in [0.1, 0.15) is 0 Å². The van der Waals surface area contributed by atoms with Crippen molar-refractivity contribution in [2.24, 2.45) is 0 Å². The van der Waals surface area contributed by atoms with Crippen LogP contribution in [0.25, 0.3) is 0 Å². The number of amides is 2. The second kappa shape index (κ2) is 7.93. The van der Waals surface area contributed by atoms with Gasteiger partial charge >= 0.3 is 0 Å². The molecule has 7 nitrogen and oxygen atoms in total. The van der Waals surface area contributed by atoms with Crippen molar-refractivity contribution in [3.05, 3.63) is 69.5 Å². The van der Waals surface area contributed by atoms with E-state index in [1.165, 1.54) is 11.3 Å². The number of rotatable bonds is 6. The quantitative estimate of drug-likeness (QED) is 0.692. The van der Waals surface area contributed by atoms with E-state index in [1.807, 2.05) is 48.2 Å². The number of thiophene rings is 1. The third-order valence-corrected chi connectivity index (χ3v) is 5.64. The molecule has 1 aliphatic heterocycles. The standard InChI is InChI=1S/C20H20N4O3S/c1-13-7-8-16(28-13)20(26)21-10-17-22-19(23-27-17)15-9-18(25)24(12-15)11-14-5-3-2-4-6-14/h2-8,15H,9-12H2,1H3,(H,21,26)/t15-/m0/s1. The van der Waals surface area contributed by atoms with Crippen LogP contribution in [0.3, 0.4) is 0 Å². The topological polar surface area (TPSA) is 88.3 Å². The predicted octanol–water partition coefficient (Wildman–Crippen LogP) is 2.89. The zero-order valence-corrected chi connectivity index (χ0v) is 16.2. The van der Waals surface area contributed by atoms with Crippen LogP contribution in [0.4, 0.5) is 0 Å². The molecule has 28 heavy (non-hydrogen) atoms. The summed E-state index contributed by atoms with van der Waals surface area (Å²) in [6.45, 7) is 3.26. The number of hydrogen-bond donors (Lipinski definition) is 1. The minimum absolute atomic E-state index is 0.0848. The normalized spacial score (nSPS) is 16.5. The number of hydrogen-bond acceptors (Lipinski definition) is 6. The maximum atomic E-state index is 12.3. The Bertz CT molecular complexity index is 982. The van der Waals surface area contributed by atoms with E-state index in [0.29, 0.717) is 36.1 Å². The molecule has 3 heterocycles. The van der Waals surface area contributed by atoms with Crippen molar-refractivity contribution in [3.8, 4) is 0 Å². The molecule has 2 amide bonds. The molecule has 1 saturated heterocycles. The molecule has 0 radical (unpaired) electrons. The Balaban J connectivity index is 1.34. The molecule has 144 valence electrons. The van der Waals surface area contributed by atoms with Crippen molar-refractivity contribution in [1.82, 2.24) is 20.4 Å². The molecule has 4 rings (SSSR count). The van der Waals surface area contributed by atoms with Crippen molar-refractivity contribution in [1.29, 1.82) is 0 Å². The lowest BCUT2D eigenvalue weighted by molar-refractivity contribution is -0.128. The molecule has 1 N–H and O–H groups in total. The average molecular weight is 396 g/mol. The second-order valence-corrected chi connectivity index (χ2v) is 8.09. The zero-order chi connectivity index (χ0) is 19.5. The summed E-state index contributed by atoms with van der Waals surface area (Å²) in [6, 6.07) is 13.6. The van der Waals surface area contributed by atoms with Gasteiger partial charge in [-0.1, -0.05) is 35.5 Å². The molecule has 0 aliphatic carbocycles. The van der Waals surface area contributed by atoms with E-state index in [2.05, 4.69) is 15.5 Å². The Morgan fingerprint density at radius 3 is 2.86 bits per heavy atom. The van der Waals surface area contributed by atoms with E-state index < -0.39 is 0 Å². The Morgan fingerprint density at radius 1 is 1.29 bits per heavy atom. The van der Waals surface area contributed by atoms with E-state index in [1.54, 1.807) is 6.07 Å². The van der Waals surface area contributed by atoms with Gasteiger partial charge in [0.15, 0.2) is 5.82 Å². The van der Waals surface area contributed by atoms with Crippen molar-refractivity contribution >= 4 is 23.2 Å². The molecule has 1 aromatic carbocycles. The highest BCUT2D eigenvalue weighted by molar-refractivity contribution is 7.13. The van der Waals surface area contributed by atoms with Gasteiger partial charge in [-0.05, 0) is 24.6 Å². The van der Waals surface area contributed by atoms with E-state index >= 15 is 0 Å². The van der Waals surface area contributed by atoms with Gasteiger partial charge in [0.05, 0.1) is 11.4 Å². The first-order valence-corrected chi connectivity index (χ1v) is 9.89. The largest absolute Gasteiger partial charge is 0.342 e. The van der Waals surface area contributed by atoms with E-state index in [0.717, 1.165) is 10.4 Å². The lowest BCUT2D eigenvalue weighted by Gasteiger charge is -2.15. The van der Waals surface area contributed by atoms with Gasteiger partial charge in [0.2, 0.25) is 11.8 Å². The third-order valence-electron chi connectivity index (χ3n) is 4.64. The van der Waals surface area contributed by atoms with Crippen molar-refractivity contribution in [2.75, 3.05) is 6.54 Å². The van der Waals surface area contributed by atoms with E-state index in [9.17, 15) is 9.59 Å². The van der Waals surface area contributed by atoms with Gasteiger partial charge < -0.3 is 14.7 Å². The van der Waals surface area contributed by atoms with Gasteiger partial charge in [0.25, 0.3) is 5.91 Å². The number of carbonyl (C=O) groups is 2. The van der Waals surface area contributed by atoms with Crippen molar-refractivity contribution in [3.63, 3.8) is 0 Å². The first-order valence-electron chi connectivity index (χ1n) is 9.07. The lowest BCUT2D eigenvalue weighted by atomic mass is 10.1. The number of carbonyl (C=O) groups excluding carboxylic acids is 2. The lowest BCUT2D eigenvalue weighted by Crippen LogP contribution is -2.24. The van der Waals surface area contributed by atoms with Crippen LogP contribution in [0.15, 0.2) is 47.0 Å². The molecule has 2 aromatic heterocycles. The molecule has 0 bridgehead atoms. The summed E-state index contributed by atoms with van der Waals surface area (Å²) in [4.78, 5) is 32.4. The fraction of sp³-hybridized carbons (Fsp3) is 0.300. The smallest absolute Gasteiger partial charge is 0.261 e. The van der Waals surface area contributed by atoms with Gasteiger partial charge in [-0.3, -0.25) is 9.59 Å². The number of aromatic nitrogens is 2. The Kier molecular flexibility index (Phi) is 5.21. The highest BCUT2D eigenvalue weighted by Gasteiger charge is 2.33. The Hall–Kier alpha value is -3.00. The van der Waals surface area contributed by atoms with Crippen LogP contribution in [-0.2, 0) is 17.9 Å². The second-order valence-electron chi connectivity index (χ2n) is 6.80. The number of likely N-dealkylation sites (tertiary alicyclic amines) is 1. The van der Waals surface area contributed by atoms with Crippen LogP contribution in [0.2, 0.25) is 0 Å². The van der Waals surface area contributed by atoms with E-state index in [4.69, 9.17) is 4.52 Å². The molecular formula is C20H20N4O3S. The number of aryl methyl sites for hydroxylation is 1. The van der Waals surface area contributed by atoms with Crippen LogP contribution in [0, 0.1) is 6.92 Å². The molecule has 1 atom stereocenters. The van der Waals surface area contributed by atoms with Crippen LogP contribution >= 0.6 is 11.3 Å². The Morgan fingerprint density at radius 2 is 2.11 bits per heavy atom. The maximum absolute atomic E-state index is 12.3. The summed E-state index contributed by atoms with van der Waals surface area (Å²) < 4.78 is 5.26. The summed E-state index contributed by atoms with van der Waals surface area (Å²) in [7, 11) is 0. The highest BCUT2D eigenvalue weighted by atomic mass is 32.1. The van der Waals surface area contributed by atoms with Gasteiger partial charge in [-0.25, -0.2) is 0 Å². The molecular weight excluding hydrogens is 376 g/mol. The van der Waals surface area contributed by atoms with Gasteiger partial charge in [-0.15, -0.1) is 11.3 Å². The monoisotopic (exact) mass is 396 g/mol. The van der Waals surface area contributed by atoms with Crippen LogP contribution in [0.5, 0.6) is 0 Å². The Labute approximate surface area is 166 Å².